The number of nitrogens with zero attached hydrogens (tertiary/aromatic N) is 2. The molecule has 4 rings (SSSR count). The molecule has 0 unspecified atom stereocenters. The van der Waals surface area contributed by atoms with Gasteiger partial charge >= 0.3 is 5.69 Å². The fraction of sp³-hybridized carbons (Fsp3) is 0.292. The van der Waals surface area contributed by atoms with Crippen LogP contribution in [0.4, 0.5) is 0 Å². The van der Waals surface area contributed by atoms with Crippen LogP contribution in [-0.2, 0) is 30.7 Å². The molecule has 3 aromatic heterocycles. The molecular formula is C24H25N3O3S2. The van der Waals surface area contributed by atoms with Crippen LogP contribution in [0.3, 0.4) is 0 Å². The molecule has 0 saturated carbocycles. The van der Waals surface area contributed by atoms with Crippen molar-refractivity contribution in [3.63, 3.8) is 0 Å². The number of thiophene rings is 2. The summed E-state index contributed by atoms with van der Waals surface area (Å²) in [6.07, 6.45) is 2.27. The third-order valence-electron chi connectivity index (χ3n) is 5.42. The Morgan fingerprint density at radius 2 is 1.78 bits per heavy atom. The van der Waals surface area contributed by atoms with Crippen LogP contribution in [-0.4, -0.2) is 21.1 Å². The fourth-order valence-corrected chi connectivity index (χ4v) is 5.27. The van der Waals surface area contributed by atoms with Gasteiger partial charge in [-0.3, -0.25) is 18.7 Å². The van der Waals surface area contributed by atoms with Gasteiger partial charge in [0.05, 0.1) is 5.52 Å². The van der Waals surface area contributed by atoms with E-state index in [1.807, 2.05) is 42.6 Å². The van der Waals surface area contributed by atoms with E-state index in [0.29, 0.717) is 23.2 Å². The number of aryl methyl sites for hydroxylation is 2. The summed E-state index contributed by atoms with van der Waals surface area (Å²) in [7, 11) is 0. The molecule has 1 amide bonds. The van der Waals surface area contributed by atoms with E-state index in [4.69, 9.17) is 0 Å². The summed E-state index contributed by atoms with van der Waals surface area (Å²) < 4.78 is 3.17. The number of carbonyl (C=O) groups excluding carboxylic acids is 1. The molecule has 8 heteroatoms. The second-order valence-corrected chi connectivity index (χ2v) is 9.73. The number of aromatic nitrogens is 2. The van der Waals surface area contributed by atoms with Crippen molar-refractivity contribution in [1.29, 1.82) is 0 Å². The van der Waals surface area contributed by atoms with Crippen molar-refractivity contribution in [2.24, 2.45) is 0 Å². The summed E-state index contributed by atoms with van der Waals surface area (Å²) in [5, 5.41) is 6.75. The number of benzene rings is 1. The van der Waals surface area contributed by atoms with Gasteiger partial charge in [0.1, 0.15) is 11.2 Å². The maximum absolute atomic E-state index is 13.1. The van der Waals surface area contributed by atoms with E-state index in [2.05, 4.69) is 17.4 Å². The molecule has 1 aromatic carbocycles. The maximum atomic E-state index is 13.1. The third kappa shape index (κ3) is 5.08. The largest absolute Gasteiger partial charge is 0.352 e. The van der Waals surface area contributed by atoms with Crippen LogP contribution in [0.2, 0.25) is 0 Å². The molecule has 166 valence electrons. The van der Waals surface area contributed by atoms with Crippen LogP contribution < -0.4 is 16.6 Å². The predicted octanol–water partition coefficient (Wildman–Crippen LogP) is 3.67. The van der Waals surface area contributed by atoms with Crippen molar-refractivity contribution in [3.8, 4) is 0 Å². The maximum Gasteiger partial charge on any atom is 0.332 e. The normalized spacial score (nSPS) is 12.2. The summed E-state index contributed by atoms with van der Waals surface area (Å²) in [5.74, 6) is -0.233. The minimum atomic E-state index is -0.440. The summed E-state index contributed by atoms with van der Waals surface area (Å²) in [6.45, 7) is 2.15. The van der Waals surface area contributed by atoms with Gasteiger partial charge in [-0.05, 0) is 54.6 Å². The Balaban J connectivity index is 1.49. The smallest absolute Gasteiger partial charge is 0.332 e. The second-order valence-electron chi connectivity index (χ2n) is 7.78. The zero-order valence-electron chi connectivity index (χ0n) is 17.8. The Morgan fingerprint density at radius 3 is 2.53 bits per heavy atom. The van der Waals surface area contributed by atoms with Gasteiger partial charge in [-0.25, -0.2) is 4.79 Å². The molecule has 4 aromatic rings. The Kier molecular flexibility index (Phi) is 7.02. The molecule has 0 aliphatic carbocycles. The van der Waals surface area contributed by atoms with Crippen LogP contribution in [0.15, 0.2) is 68.9 Å². The summed E-state index contributed by atoms with van der Waals surface area (Å²) in [4.78, 5) is 39.9. The molecule has 0 fully saturated rings. The Morgan fingerprint density at radius 1 is 0.969 bits per heavy atom. The molecular weight excluding hydrogens is 442 g/mol. The van der Waals surface area contributed by atoms with Gasteiger partial charge in [-0.15, -0.1) is 22.7 Å². The minimum absolute atomic E-state index is 0.0268. The third-order valence-corrected chi connectivity index (χ3v) is 7.24. The Hall–Kier alpha value is -2.97. The van der Waals surface area contributed by atoms with Gasteiger partial charge < -0.3 is 5.32 Å². The molecule has 1 atom stereocenters. The average molecular weight is 468 g/mol. The molecule has 0 spiro atoms. The van der Waals surface area contributed by atoms with Gasteiger partial charge in [0.2, 0.25) is 5.91 Å². The van der Waals surface area contributed by atoms with Crippen LogP contribution in [0.25, 0.3) is 10.2 Å². The van der Waals surface area contributed by atoms with Gasteiger partial charge in [0.25, 0.3) is 5.56 Å². The molecule has 0 aliphatic heterocycles. The number of hydrogen-bond acceptors (Lipinski definition) is 5. The number of hydrogen-bond donors (Lipinski definition) is 1. The first-order valence-corrected chi connectivity index (χ1v) is 12.4. The standard InChI is InChI=1S/C24H25N3O3S2/c1-17(9-10-18-6-3-2-4-7-18)25-21(28)16-27-20-12-15-32-22(20)23(29)26(24(27)30)13-11-19-8-5-14-31-19/h2-8,12,14-15,17H,9-11,13,16H2,1H3,(H,25,28)/t17-/m1/s1. The predicted molar refractivity (Wildman–Crippen MR) is 131 cm³/mol. The molecule has 0 saturated heterocycles. The molecule has 3 heterocycles. The number of fused-ring (bicyclic) bond motifs is 1. The summed E-state index contributed by atoms with van der Waals surface area (Å²) >= 11 is 2.90. The van der Waals surface area contributed by atoms with Gasteiger partial charge in [-0.1, -0.05) is 36.4 Å². The first kappa shape index (κ1) is 22.2. The fourth-order valence-electron chi connectivity index (χ4n) is 3.72. The number of amides is 1. The molecule has 1 N–H and O–H groups in total. The van der Waals surface area contributed by atoms with Crippen LogP contribution in [0.5, 0.6) is 0 Å². The van der Waals surface area contributed by atoms with Crippen molar-refractivity contribution in [1.82, 2.24) is 14.5 Å². The lowest BCUT2D eigenvalue weighted by Crippen LogP contribution is -2.43. The Bertz CT molecular complexity index is 1300. The molecule has 0 radical (unpaired) electrons. The molecule has 6 nitrogen and oxygen atoms in total. The monoisotopic (exact) mass is 467 g/mol. The summed E-state index contributed by atoms with van der Waals surface area (Å²) in [6, 6.07) is 15.8. The van der Waals surface area contributed by atoms with Gasteiger partial charge in [0, 0.05) is 17.5 Å². The van der Waals surface area contributed by atoms with Gasteiger partial charge in [0.15, 0.2) is 0 Å². The highest BCUT2D eigenvalue weighted by Crippen LogP contribution is 2.16. The topological polar surface area (TPSA) is 73.1 Å². The molecule has 32 heavy (non-hydrogen) atoms. The van der Waals surface area contributed by atoms with E-state index in [0.717, 1.165) is 17.7 Å². The van der Waals surface area contributed by atoms with Gasteiger partial charge in [-0.2, -0.15) is 0 Å². The SMILES string of the molecule is C[C@H](CCc1ccccc1)NC(=O)Cn1c(=O)n(CCc2cccs2)c(=O)c2sccc21. The van der Waals surface area contributed by atoms with Crippen molar-refractivity contribution >= 4 is 38.8 Å². The zero-order valence-corrected chi connectivity index (χ0v) is 19.5. The summed E-state index contributed by atoms with van der Waals surface area (Å²) in [5.41, 5.74) is 1.01. The zero-order chi connectivity index (χ0) is 22.5. The van der Waals surface area contributed by atoms with E-state index in [9.17, 15) is 14.4 Å². The lowest BCUT2D eigenvalue weighted by Gasteiger charge is -2.16. The number of carbonyl (C=O) groups is 1. The first-order valence-electron chi connectivity index (χ1n) is 10.6. The van der Waals surface area contributed by atoms with E-state index in [1.165, 1.54) is 26.0 Å². The van der Waals surface area contributed by atoms with E-state index in [-0.39, 0.29) is 24.1 Å². The van der Waals surface area contributed by atoms with Crippen molar-refractivity contribution < 1.29 is 4.79 Å². The first-order chi connectivity index (χ1) is 15.5. The number of nitrogens with one attached hydrogen (secondary N) is 1. The highest BCUT2D eigenvalue weighted by Gasteiger charge is 2.17. The number of rotatable bonds is 9. The average Bonchev–Trinajstić information content (AvgIpc) is 3.48. The van der Waals surface area contributed by atoms with Crippen LogP contribution in [0, 0.1) is 0 Å². The lowest BCUT2D eigenvalue weighted by atomic mass is 10.1. The quantitative estimate of drug-likeness (QED) is 0.408. The van der Waals surface area contributed by atoms with Crippen LogP contribution in [0.1, 0.15) is 23.8 Å². The van der Waals surface area contributed by atoms with E-state index < -0.39 is 5.69 Å². The lowest BCUT2D eigenvalue weighted by molar-refractivity contribution is -0.122. The van der Waals surface area contributed by atoms with E-state index >= 15 is 0 Å². The highest BCUT2D eigenvalue weighted by atomic mass is 32.1. The van der Waals surface area contributed by atoms with Crippen molar-refractivity contribution in [3.05, 3.63) is 90.6 Å². The Labute approximate surface area is 193 Å². The van der Waals surface area contributed by atoms with Crippen LogP contribution >= 0.6 is 22.7 Å². The molecule has 0 aliphatic rings. The molecule has 0 bridgehead atoms. The second kappa shape index (κ2) is 10.1. The van der Waals surface area contributed by atoms with Crippen molar-refractivity contribution in [2.45, 2.75) is 45.3 Å². The highest BCUT2D eigenvalue weighted by molar-refractivity contribution is 7.17. The van der Waals surface area contributed by atoms with E-state index in [1.54, 1.807) is 22.8 Å². The van der Waals surface area contributed by atoms with Crippen molar-refractivity contribution in [2.75, 3.05) is 0 Å². The minimum Gasteiger partial charge on any atom is -0.352 e.